The Morgan fingerprint density at radius 1 is 0.389 bits per heavy atom. The van der Waals surface area contributed by atoms with Crippen LogP contribution in [0.1, 0.15) is 63.3 Å². The first-order valence-corrected chi connectivity index (χ1v) is 33.9. The van der Waals surface area contributed by atoms with Crippen LogP contribution in [0.25, 0.3) is 0 Å². The van der Waals surface area contributed by atoms with Gasteiger partial charge in [-0.25, -0.2) is 0 Å². The molecule has 17 heteroatoms. The van der Waals surface area contributed by atoms with Gasteiger partial charge >= 0.3 is 0 Å². The van der Waals surface area contributed by atoms with Gasteiger partial charge in [-0.15, -0.1) is 11.8 Å². The average molecular weight is 1310 g/mol. The van der Waals surface area contributed by atoms with Crippen LogP contribution in [0.2, 0.25) is 0 Å². The molecule has 16 nitrogen and oxygen atoms in total. The number of ether oxygens (including phenoxy) is 15. The summed E-state index contributed by atoms with van der Waals surface area (Å²) in [6, 6.07) is 77.9. The summed E-state index contributed by atoms with van der Waals surface area (Å²) < 4.78 is 102. The van der Waals surface area contributed by atoms with Crippen LogP contribution in [0.3, 0.4) is 0 Å². The van der Waals surface area contributed by atoms with Crippen LogP contribution in [-0.4, -0.2) is 129 Å². The van der Waals surface area contributed by atoms with Crippen molar-refractivity contribution >= 4 is 11.8 Å². The highest BCUT2D eigenvalue weighted by atomic mass is 32.2. The van der Waals surface area contributed by atoms with Gasteiger partial charge in [-0.1, -0.05) is 244 Å². The molecule has 8 aromatic carbocycles. The maximum atomic E-state index is 12.2. The number of hydrogen-bond acceptors (Lipinski definition) is 17. The Morgan fingerprint density at radius 3 is 1.32 bits per heavy atom. The lowest BCUT2D eigenvalue weighted by atomic mass is 9.95. The molecule has 8 aromatic rings. The van der Waals surface area contributed by atoms with Crippen molar-refractivity contribution < 1.29 is 76.2 Å². The van der Waals surface area contributed by atoms with Crippen LogP contribution in [0.15, 0.2) is 237 Å². The van der Waals surface area contributed by atoms with Crippen LogP contribution < -0.4 is 0 Å². The summed E-state index contributed by atoms with van der Waals surface area (Å²) >= 11 is 1.64. The summed E-state index contributed by atoms with van der Waals surface area (Å²) in [6.45, 7) is 4.44. The molecule has 0 amide bonds. The smallest absolute Gasteiger partial charge is 0.187 e. The Hall–Kier alpha value is -6.53. The van der Waals surface area contributed by atoms with Crippen LogP contribution >= 0.6 is 11.8 Å². The normalized spacial score (nSPS) is 27.6. The molecular formula is C78H86O16S. The highest BCUT2D eigenvalue weighted by Crippen LogP contribution is 2.41. The molecule has 4 saturated heterocycles. The van der Waals surface area contributed by atoms with Crippen molar-refractivity contribution in [2.75, 3.05) is 32.7 Å². The predicted octanol–water partition coefficient (Wildman–Crippen LogP) is 12.7. The van der Waals surface area contributed by atoms with Crippen molar-refractivity contribution in [2.45, 2.75) is 157 Å². The van der Waals surface area contributed by atoms with Crippen molar-refractivity contribution in [1.82, 2.24) is 0 Å². The third kappa shape index (κ3) is 19.0. The van der Waals surface area contributed by atoms with Gasteiger partial charge in [0.1, 0.15) is 78.7 Å². The fourth-order valence-corrected chi connectivity index (χ4v) is 13.4. The second-order valence-electron chi connectivity index (χ2n) is 24.0. The Morgan fingerprint density at radius 2 is 0.800 bits per heavy atom. The largest absolute Gasteiger partial charge is 0.387 e. The molecule has 4 heterocycles. The molecule has 4 aliphatic heterocycles. The van der Waals surface area contributed by atoms with E-state index < -0.39 is 97.6 Å². The molecule has 0 bridgehead atoms. The highest BCUT2D eigenvalue weighted by molar-refractivity contribution is 7.99. The van der Waals surface area contributed by atoms with Crippen molar-refractivity contribution in [1.29, 1.82) is 0 Å². The van der Waals surface area contributed by atoms with Crippen LogP contribution in [-0.2, 0) is 124 Å². The van der Waals surface area contributed by atoms with Gasteiger partial charge < -0.3 is 76.2 Å². The first-order chi connectivity index (χ1) is 46.9. The van der Waals surface area contributed by atoms with Gasteiger partial charge in [-0.2, -0.15) is 0 Å². The molecule has 500 valence electrons. The zero-order valence-corrected chi connectivity index (χ0v) is 54.5. The van der Waals surface area contributed by atoms with E-state index in [1.165, 1.54) is 0 Å². The van der Waals surface area contributed by atoms with Crippen LogP contribution in [0.5, 0.6) is 0 Å². The summed E-state index contributed by atoms with van der Waals surface area (Å²) in [5.41, 5.74) is 7.96. The third-order valence-electron chi connectivity index (χ3n) is 17.2. The highest BCUT2D eigenvalue weighted by Gasteiger charge is 2.56. The second kappa shape index (κ2) is 35.6. The molecule has 12 rings (SSSR count). The zero-order chi connectivity index (χ0) is 64.8. The number of fused-ring (bicyclic) bond motifs is 1. The summed E-state index contributed by atoms with van der Waals surface area (Å²) in [5.74, 6) is 0.726. The Labute approximate surface area is 561 Å². The average Bonchev–Trinajstić information content (AvgIpc) is 0.794. The van der Waals surface area contributed by atoms with Gasteiger partial charge in [0.15, 0.2) is 18.9 Å². The number of aliphatic hydroxyl groups is 1. The lowest BCUT2D eigenvalue weighted by Gasteiger charge is -2.51. The Kier molecular flexibility index (Phi) is 25.7. The van der Waals surface area contributed by atoms with E-state index in [9.17, 15) is 5.11 Å². The lowest BCUT2D eigenvalue weighted by molar-refractivity contribution is -0.389. The number of rotatable bonds is 32. The molecule has 4 aliphatic rings. The summed E-state index contributed by atoms with van der Waals surface area (Å²) in [7, 11) is 1.54. The van der Waals surface area contributed by atoms with Gasteiger partial charge in [0.05, 0.1) is 72.7 Å². The van der Waals surface area contributed by atoms with E-state index in [0.717, 1.165) is 55.8 Å². The molecule has 1 unspecified atom stereocenters. The SMILES string of the molecule is CCS[C@@H]1O[C@H](COCc2cccc(CO[C@@H]3[C@H](O)[C@@H](OCc4ccccc4)[C@@H](OC)O[C@@H]3COCc3ccccc3)c2)[C@@H](O[C@H]2O[C@@H]3COC(c4ccccc4)O[C@H]3[C@H](OCc3ccccc3)[C@H]2OCc2ccccc2)[C@H](OCc2ccccc2)[C@H]1OCc1ccccc1. The van der Waals surface area contributed by atoms with E-state index in [-0.39, 0.29) is 59.5 Å². The molecular weight excluding hydrogens is 1220 g/mol. The first kappa shape index (κ1) is 68.4. The van der Waals surface area contributed by atoms with E-state index >= 15 is 0 Å². The van der Waals surface area contributed by atoms with Gasteiger partial charge in [-0.05, 0) is 50.3 Å². The number of aliphatic hydroxyl groups excluding tert-OH is 1. The fourth-order valence-electron chi connectivity index (χ4n) is 12.4. The van der Waals surface area contributed by atoms with Crippen molar-refractivity contribution in [3.63, 3.8) is 0 Å². The summed E-state index contributed by atoms with van der Waals surface area (Å²) in [4.78, 5) is 0. The van der Waals surface area contributed by atoms with E-state index in [1.54, 1.807) is 18.9 Å². The maximum Gasteiger partial charge on any atom is 0.187 e. The molecule has 4 fully saturated rings. The minimum atomic E-state index is -1.13. The maximum absolute atomic E-state index is 12.2. The second-order valence-corrected chi connectivity index (χ2v) is 25.4. The van der Waals surface area contributed by atoms with Crippen LogP contribution in [0.4, 0.5) is 0 Å². The molecule has 1 N–H and O–H groups in total. The molecule has 0 aromatic heterocycles. The molecule has 0 spiro atoms. The molecule has 0 saturated carbocycles. The van der Waals surface area contributed by atoms with Crippen molar-refractivity contribution in [3.8, 4) is 0 Å². The summed E-state index contributed by atoms with van der Waals surface area (Å²) in [6.07, 6.45) is -12.1. The topological polar surface area (TPSA) is 159 Å². The number of hydrogen-bond donors (Lipinski definition) is 1. The standard InChI is InChI=1S/C78H86O16S/c1-3-95-78-74(88-49-59-36-21-9-22-37-59)72(86-47-57-32-17-7-18-33-57)68(94-77-73(87-48-58-34-19-8-20-35-58)71(85-46-56-30-15-6-16-31-56)69-65(91-77)53-89-75(93-69)62-40-23-10-24-41-62)64(92-78)52-82-44-60-38-25-39-61(42-60)50-83-67-63(51-81-43-54-26-11-4-12-27-54)90-76(80-2)70(66(67)79)84-45-55-28-13-5-14-29-55/h4-42,63-79H,3,43-53H2,1-2H3/t63-,64-,65-,66+,67+,68-,69-,70-,71+,72+,73-,74-,75?,76+,77-,78+/m1/s1. The first-order valence-electron chi connectivity index (χ1n) is 32.9. The number of benzene rings is 8. The van der Waals surface area contributed by atoms with Gasteiger partial charge in [0, 0.05) is 12.7 Å². The monoisotopic (exact) mass is 1310 g/mol. The molecule has 0 aliphatic carbocycles. The Balaban J connectivity index is 0.826. The zero-order valence-electron chi connectivity index (χ0n) is 53.7. The van der Waals surface area contributed by atoms with Crippen LogP contribution in [0, 0.1) is 0 Å². The molecule has 0 radical (unpaired) electrons. The molecule has 95 heavy (non-hydrogen) atoms. The van der Waals surface area contributed by atoms with Crippen molar-refractivity contribution in [3.05, 3.63) is 287 Å². The lowest BCUT2D eigenvalue weighted by Crippen LogP contribution is -2.66. The van der Waals surface area contributed by atoms with E-state index in [4.69, 9.17) is 71.1 Å². The molecule has 16 atom stereocenters. The third-order valence-corrected chi connectivity index (χ3v) is 18.3. The number of methoxy groups -OCH3 is 1. The summed E-state index contributed by atoms with van der Waals surface area (Å²) in [5, 5.41) is 12.2. The van der Waals surface area contributed by atoms with Gasteiger partial charge in [0.2, 0.25) is 0 Å². The fraction of sp³-hybridized carbons (Fsp3) is 0.385. The van der Waals surface area contributed by atoms with Gasteiger partial charge in [0.25, 0.3) is 0 Å². The quantitative estimate of drug-likeness (QED) is 0.0424. The van der Waals surface area contributed by atoms with E-state index in [2.05, 4.69) is 6.92 Å². The minimum Gasteiger partial charge on any atom is -0.387 e. The van der Waals surface area contributed by atoms with E-state index in [0.29, 0.717) is 13.2 Å². The number of thioether (sulfide) groups is 1. The van der Waals surface area contributed by atoms with Crippen molar-refractivity contribution in [2.24, 2.45) is 0 Å². The van der Waals surface area contributed by atoms with E-state index in [1.807, 2.05) is 237 Å². The minimum absolute atomic E-state index is 0.0807. The van der Waals surface area contributed by atoms with Gasteiger partial charge in [-0.3, -0.25) is 0 Å². The predicted molar refractivity (Wildman–Crippen MR) is 358 cm³/mol. The Bertz CT molecular complexity index is 3440.